The van der Waals surface area contributed by atoms with Crippen molar-refractivity contribution in [3.63, 3.8) is 0 Å². The molecule has 166 valence electrons. The molecule has 2 aromatic carbocycles. The Morgan fingerprint density at radius 2 is 1.47 bits per heavy atom. The van der Waals surface area contributed by atoms with Crippen molar-refractivity contribution >= 4 is 29.4 Å². The van der Waals surface area contributed by atoms with Crippen LogP contribution in [-0.4, -0.2) is 57.0 Å². The number of nitrogens with zero attached hydrogens (tertiary/aromatic N) is 2. The molecule has 4 rings (SSSR count). The monoisotopic (exact) mass is 454 g/mol. The molecule has 0 atom stereocenters. The number of methoxy groups -OCH3 is 2. The lowest BCUT2D eigenvalue weighted by molar-refractivity contribution is 0.0557. The Kier molecular flexibility index (Phi) is 6.48. The summed E-state index contributed by atoms with van der Waals surface area (Å²) in [6, 6.07) is 16.7. The average Bonchev–Trinajstić information content (AvgIpc) is 3.20. The molecule has 1 aromatic heterocycles. The molecule has 0 bridgehead atoms. The Labute approximate surface area is 191 Å². The molecular weight excluding hydrogens is 432 g/mol. The van der Waals surface area contributed by atoms with Crippen molar-refractivity contribution in [3.8, 4) is 16.9 Å². The predicted molar refractivity (Wildman–Crippen MR) is 122 cm³/mol. The van der Waals surface area contributed by atoms with Crippen LogP contribution in [0.3, 0.4) is 0 Å². The van der Waals surface area contributed by atoms with Crippen LogP contribution in [-0.2, 0) is 14.2 Å². The van der Waals surface area contributed by atoms with Gasteiger partial charge in [-0.1, -0.05) is 41.9 Å². The van der Waals surface area contributed by atoms with Crippen LogP contribution in [0.2, 0.25) is 5.02 Å². The zero-order valence-electron chi connectivity index (χ0n) is 17.8. The van der Waals surface area contributed by atoms with Gasteiger partial charge in [-0.3, -0.25) is 4.57 Å². The SMILES string of the molecule is COC(=O)c1c(C(=O)OC)c(N2CCOCC2)n(-c2ccc(Cl)cc2)c1-c1ccccc1. The number of hydrogen-bond acceptors (Lipinski definition) is 6. The number of hydrogen-bond donors (Lipinski definition) is 0. The second-order valence-corrected chi connectivity index (χ2v) is 7.62. The first-order valence-corrected chi connectivity index (χ1v) is 10.5. The van der Waals surface area contributed by atoms with E-state index in [4.69, 9.17) is 25.8 Å². The smallest absolute Gasteiger partial charge is 0.342 e. The van der Waals surface area contributed by atoms with Gasteiger partial charge in [0.2, 0.25) is 0 Å². The van der Waals surface area contributed by atoms with Crippen molar-refractivity contribution in [2.24, 2.45) is 0 Å². The molecule has 1 fully saturated rings. The van der Waals surface area contributed by atoms with Crippen LogP contribution in [0.4, 0.5) is 5.82 Å². The van der Waals surface area contributed by atoms with Crippen molar-refractivity contribution < 1.29 is 23.8 Å². The van der Waals surface area contributed by atoms with Crippen molar-refractivity contribution in [2.45, 2.75) is 0 Å². The number of esters is 2. The van der Waals surface area contributed by atoms with E-state index in [2.05, 4.69) is 0 Å². The first kappa shape index (κ1) is 21.9. The van der Waals surface area contributed by atoms with E-state index in [0.717, 1.165) is 11.3 Å². The third-order valence-corrected chi connectivity index (χ3v) is 5.62. The second-order valence-electron chi connectivity index (χ2n) is 7.18. The van der Waals surface area contributed by atoms with E-state index in [0.29, 0.717) is 42.8 Å². The van der Waals surface area contributed by atoms with E-state index in [9.17, 15) is 9.59 Å². The third-order valence-electron chi connectivity index (χ3n) is 5.37. The zero-order valence-corrected chi connectivity index (χ0v) is 18.6. The van der Waals surface area contributed by atoms with E-state index >= 15 is 0 Å². The molecular formula is C24H23ClN2O5. The molecule has 7 nitrogen and oxygen atoms in total. The first-order valence-electron chi connectivity index (χ1n) is 10.2. The zero-order chi connectivity index (χ0) is 22.7. The molecule has 1 aliphatic rings. The number of rotatable bonds is 5. The van der Waals surface area contributed by atoms with Crippen LogP contribution in [0.15, 0.2) is 54.6 Å². The minimum Gasteiger partial charge on any atom is -0.465 e. The molecule has 0 radical (unpaired) electrons. The number of halogens is 1. The Morgan fingerprint density at radius 1 is 0.875 bits per heavy atom. The summed E-state index contributed by atoms with van der Waals surface area (Å²) in [6.45, 7) is 2.11. The van der Waals surface area contributed by atoms with Gasteiger partial charge in [-0.15, -0.1) is 0 Å². The fraction of sp³-hybridized carbons (Fsp3) is 0.250. The number of anilines is 1. The highest BCUT2D eigenvalue weighted by atomic mass is 35.5. The minimum absolute atomic E-state index is 0.155. The predicted octanol–water partition coefficient (Wildman–Crippen LogP) is 4.21. The van der Waals surface area contributed by atoms with Gasteiger partial charge in [-0.25, -0.2) is 9.59 Å². The van der Waals surface area contributed by atoms with E-state index < -0.39 is 11.9 Å². The van der Waals surface area contributed by atoms with E-state index in [1.54, 1.807) is 12.1 Å². The Bertz CT molecular complexity index is 1120. The summed E-state index contributed by atoms with van der Waals surface area (Å²) in [7, 11) is 2.60. The van der Waals surface area contributed by atoms with Gasteiger partial charge >= 0.3 is 11.9 Å². The van der Waals surface area contributed by atoms with Crippen LogP contribution in [0.25, 0.3) is 16.9 Å². The fourth-order valence-electron chi connectivity index (χ4n) is 3.94. The maximum atomic E-state index is 13.1. The van der Waals surface area contributed by atoms with E-state index in [-0.39, 0.29) is 11.1 Å². The van der Waals surface area contributed by atoms with Gasteiger partial charge in [-0.05, 0) is 29.8 Å². The third kappa shape index (κ3) is 3.97. The summed E-state index contributed by atoms with van der Waals surface area (Å²) < 4.78 is 17.7. The molecule has 0 N–H and O–H groups in total. The molecule has 3 aromatic rings. The Morgan fingerprint density at radius 3 is 2.06 bits per heavy atom. The summed E-state index contributed by atoms with van der Waals surface area (Å²) >= 11 is 6.14. The highest BCUT2D eigenvalue weighted by Crippen LogP contribution is 2.41. The van der Waals surface area contributed by atoms with Gasteiger partial charge < -0.3 is 19.1 Å². The van der Waals surface area contributed by atoms with Crippen molar-refractivity contribution in [1.29, 1.82) is 0 Å². The Balaban J connectivity index is 2.14. The summed E-state index contributed by atoms with van der Waals surface area (Å²) in [5.41, 5.74) is 2.36. The molecule has 0 saturated carbocycles. The van der Waals surface area contributed by atoms with Crippen LogP contribution < -0.4 is 4.90 Å². The molecule has 1 aliphatic heterocycles. The van der Waals surface area contributed by atoms with Gasteiger partial charge in [-0.2, -0.15) is 0 Å². The van der Waals surface area contributed by atoms with Crippen LogP contribution in [0.1, 0.15) is 20.7 Å². The van der Waals surface area contributed by atoms with E-state index in [1.165, 1.54) is 14.2 Å². The lowest BCUT2D eigenvalue weighted by Crippen LogP contribution is -2.38. The van der Waals surface area contributed by atoms with Crippen LogP contribution >= 0.6 is 11.6 Å². The lowest BCUT2D eigenvalue weighted by Gasteiger charge is -2.31. The number of benzene rings is 2. The molecule has 8 heteroatoms. The number of aromatic nitrogens is 1. The summed E-state index contributed by atoms with van der Waals surface area (Å²) in [6.07, 6.45) is 0. The fourth-order valence-corrected chi connectivity index (χ4v) is 4.07. The molecule has 0 unspecified atom stereocenters. The lowest BCUT2D eigenvalue weighted by atomic mass is 10.0. The molecule has 1 saturated heterocycles. The van der Waals surface area contributed by atoms with Gasteiger partial charge in [0.15, 0.2) is 0 Å². The summed E-state index contributed by atoms with van der Waals surface area (Å²) in [4.78, 5) is 28.2. The number of carbonyl (C=O) groups is 2. The number of carbonyl (C=O) groups excluding carboxylic acids is 2. The Hall–Kier alpha value is -3.29. The standard InChI is InChI=1S/C24H23ClN2O5/c1-30-23(28)19-20(24(29)31-2)22(26-12-14-32-15-13-26)27(18-10-8-17(25)9-11-18)21(19)16-6-4-3-5-7-16/h3-11H,12-15H2,1-2H3. The average molecular weight is 455 g/mol. The quantitative estimate of drug-likeness (QED) is 0.538. The van der Waals surface area contributed by atoms with Crippen LogP contribution in [0, 0.1) is 0 Å². The van der Waals surface area contributed by atoms with Gasteiger partial charge in [0, 0.05) is 23.8 Å². The largest absolute Gasteiger partial charge is 0.465 e. The minimum atomic E-state index is -0.619. The first-order chi connectivity index (χ1) is 15.6. The van der Waals surface area contributed by atoms with Crippen LogP contribution in [0.5, 0.6) is 0 Å². The van der Waals surface area contributed by atoms with Gasteiger partial charge in [0.25, 0.3) is 0 Å². The van der Waals surface area contributed by atoms with E-state index in [1.807, 2.05) is 51.9 Å². The van der Waals surface area contributed by atoms with Gasteiger partial charge in [0.05, 0.1) is 33.1 Å². The summed E-state index contributed by atoms with van der Waals surface area (Å²) in [5, 5.41) is 0.580. The highest BCUT2D eigenvalue weighted by molar-refractivity contribution is 6.30. The van der Waals surface area contributed by atoms with Crippen molar-refractivity contribution in [2.75, 3.05) is 45.4 Å². The van der Waals surface area contributed by atoms with Crippen molar-refractivity contribution in [1.82, 2.24) is 4.57 Å². The highest BCUT2D eigenvalue weighted by Gasteiger charge is 2.36. The molecule has 0 spiro atoms. The van der Waals surface area contributed by atoms with Crippen molar-refractivity contribution in [3.05, 3.63) is 70.7 Å². The molecule has 32 heavy (non-hydrogen) atoms. The maximum absolute atomic E-state index is 13.1. The number of ether oxygens (including phenoxy) is 3. The molecule has 0 aliphatic carbocycles. The molecule has 2 heterocycles. The topological polar surface area (TPSA) is 70.0 Å². The molecule has 0 amide bonds. The van der Waals surface area contributed by atoms with Gasteiger partial charge in [0.1, 0.15) is 16.9 Å². The normalized spacial score (nSPS) is 13.7. The second kappa shape index (κ2) is 9.46. The summed E-state index contributed by atoms with van der Waals surface area (Å²) in [5.74, 6) is -0.676. The maximum Gasteiger partial charge on any atom is 0.342 e. The number of morpholine rings is 1.